The minimum atomic E-state index is -4.31. The van der Waals surface area contributed by atoms with Gasteiger partial charge in [-0.1, -0.05) is 12.1 Å². The van der Waals surface area contributed by atoms with E-state index in [2.05, 4.69) is 6.07 Å². The van der Waals surface area contributed by atoms with Crippen molar-refractivity contribution in [3.8, 4) is 6.07 Å². The van der Waals surface area contributed by atoms with Crippen molar-refractivity contribution in [1.29, 1.82) is 5.26 Å². The Hall–Kier alpha value is -1.50. The first-order chi connectivity index (χ1) is 7.48. The highest BCUT2D eigenvalue weighted by atomic mass is 19.4. The van der Waals surface area contributed by atoms with Gasteiger partial charge in [0.2, 0.25) is 0 Å². The molecular formula is C12H10F3N. The molecule has 1 aromatic rings. The monoisotopic (exact) mass is 225 g/mol. The first-order valence-electron chi connectivity index (χ1n) is 5.07. The van der Waals surface area contributed by atoms with E-state index in [9.17, 15) is 13.2 Å². The number of hydrogen-bond acceptors (Lipinski definition) is 1. The van der Waals surface area contributed by atoms with Gasteiger partial charge in [0.15, 0.2) is 0 Å². The van der Waals surface area contributed by atoms with E-state index in [0.29, 0.717) is 5.56 Å². The molecule has 84 valence electrons. The van der Waals surface area contributed by atoms with Gasteiger partial charge in [0.05, 0.1) is 17.0 Å². The van der Waals surface area contributed by atoms with Crippen LogP contribution in [0.25, 0.3) is 0 Å². The van der Waals surface area contributed by atoms with E-state index in [1.54, 1.807) is 0 Å². The molecule has 1 aliphatic rings. The molecule has 1 nitrogen and oxygen atoms in total. The Labute approximate surface area is 91.5 Å². The molecule has 1 saturated carbocycles. The molecule has 0 N–H and O–H groups in total. The van der Waals surface area contributed by atoms with Gasteiger partial charge in [-0.15, -0.1) is 0 Å². The number of nitriles is 1. The predicted molar refractivity (Wildman–Crippen MR) is 52.6 cm³/mol. The fourth-order valence-corrected chi connectivity index (χ4v) is 1.97. The first-order valence-corrected chi connectivity index (χ1v) is 5.07. The van der Waals surface area contributed by atoms with Crippen LogP contribution in [0.15, 0.2) is 24.3 Å². The summed E-state index contributed by atoms with van der Waals surface area (Å²) in [5.74, 6) is 0. The molecule has 0 amide bonds. The molecule has 0 spiro atoms. The van der Waals surface area contributed by atoms with Gasteiger partial charge in [-0.3, -0.25) is 0 Å². The van der Waals surface area contributed by atoms with E-state index in [-0.39, 0.29) is 0 Å². The number of nitrogens with zero attached hydrogens (tertiary/aromatic N) is 1. The van der Waals surface area contributed by atoms with Gasteiger partial charge < -0.3 is 0 Å². The summed E-state index contributed by atoms with van der Waals surface area (Å²) in [5, 5.41) is 9.05. The molecule has 4 heteroatoms. The molecule has 0 saturated heterocycles. The van der Waals surface area contributed by atoms with Crippen molar-refractivity contribution in [2.75, 3.05) is 0 Å². The van der Waals surface area contributed by atoms with Crippen LogP contribution in [0.1, 0.15) is 30.4 Å². The van der Waals surface area contributed by atoms with Gasteiger partial charge >= 0.3 is 6.18 Å². The lowest BCUT2D eigenvalue weighted by Crippen LogP contribution is -2.32. The lowest BCUT2D eigenvalue weighted by atomic mass is 9.65. The molecule has 0 aromatic heterocycles. The smallest absolute Gasteiger partial charge is 0.197 e. The van der Waals surface area contributed by atoms with Gasteiger partial charge in [0.1, 0.15) is 0 Å². The summed E-state index contributed by atoms with van der Waals surface area (Å²) < 4.78 is 37.0. The van der Waals surface area contributed by atoms with Crippen LogP contribution >= 0.6 is 0 Å². The topological polar surface area (TPSA) is 23.8 Å². The van der Waals surface area contributed by atoms with Crippen LogP contribution in [0.4, 0.5) is 13.2 Å². The minimum absolute atomic E-state index is 0.538. The normalized spacial score (nSPS) is 18.6. The highest BCUT2D eigenvalue weighted by Gasteiger charge is 2.39. The molecule has 0 unspecified atom stereocenters. The van der Waals surface area contributed by atoms with Crippen LogP contribution in [0.5, 0.6) is 0 Å². The Kier molecular flexibility index (Phi) is 2.42. The second kappa shape index (κ2) is 3.51. The van der Waals surface area contributed by atoms with Crippen LogP contribution in [0.2, 0.25) is 0 Å². The molecule has 1 aromatic carbocycles. The molecule has 0 aliphatic heterocycles. The van der Waals surface area contributed by atoms with Crippen LogP contribution in [0.3, 0.4) is 0 Å². The van der Waals surface area contributed by atoms with Gasteiger partial charge in [-0.25, -0.2) is 0 Å². The second-order valence-corrected chi connectivity index (χ2v) is 4.12. The number of halogens is 3. The maximum atomic E-state index is 12.3. The number of alkyl halides is 3. The maximum absolute atomic E-state index is 12.3. The Morgan fingerprint density at radius 3 is 2.00 bits per heavy atom. The lowest BCUT2D eigenvalue weighted by molar-refractivity contribution is -0.137. The largest absolute Gasteiger partial charge is 0.416 e. The number of rotatable bonds is 1. The molecule has 1 fully saturated rings. The van der Waals surface area contributed by atoms with Gasteiger partial charge in [-0.2, -0.15) is 18.4 Å². The summed E-state index contributed by atoms with van der Waals surface area (Å²) in [6, 6.07) is 7.15. The fraction of sp³-hybridized carbons (Fsp3) is 0.417. The summed E-state index contributed by atoms with van der Waals surface area (Å²) in [6.45, 7) is 0. The van der Waals surface area contributed by atoms with Gasteiger partial charge in [0, 0.05) is 0 Å². The van der Waals surface area contributed by atoms with Gasteiger partial charge in [0.25, 0.3) is 0 Å². The zero-order valence-corrected chi connectivity index (χ0v) is 8.51. The molecule has 2 rings (SSSR count). The van der Waals surface area contributed by atoms with Crippen molar-refractivity contribution >= 4 is 0 Å². The Bertz CT molecular complexity index is 421. The van der Waals surface area contributed by atoms with Gasteiger partial charge in [-0.05, 0) is 37.0 Å². The van der Waals surface area contributed by atoms with Crippen LogP contribution in [0, 0.1) is 11.3 Å². The Morgan fingerprint density at radius 1 is 1.12 bits per heavy atom. The maximum Gasteiger partial charge on any atom is 0.416 e. The molecule has 1 aliphatic carbocycles. The zero-order valence-electron chi connectivity index (χ0n) is 8.51. The number of hydrogen-bond donors (Lipinski definition) is 0. The van der Waals surface area contributed by atoms with Crippen molar-refractivity contribution in [1.82, 2.24) is 0 Å². The van der Waals surface area contributed by atoms with E-state index in [1.165, 1.54) is 12.1 Å². The summed E-state index contributed by atoms with van der Waals surface area (Å²) in [5.41, 5.74) is -0.498. The highest BCUT2D eigenvalue weighted by molar-refractivity contribution is 5.37. The lowest BCUT2D eigenvalue weighted by Gasteiger charge is -2.35. The van der Waals surface area contributed by atoms with Crippen LogP contribution in [-0.4, -0.2) is 0 Å². The molecule has 0 heterocycles. The Morgan fingerprint density at radius 2 is 1.69 bits per heavy atom. The van der Waals surface area contributed by atoms with E-state index < -0.39 is 17.2 Å². The van der Waals surface area contributed by atoms with E-state index in [0.717, 1.165) is 31.4 Å². The minimum Gasteiger partial charge on any atom is -0.197 e. The number of benzene rings is 1. The average molecular weight is 225 g/mol. The average Bonchev–Trinajstić information content (AvgIpc) is 2.16. The summed E-state index contributed by atoms with van der Waals surface area (Å²) in [7, 11) is 0. The molecular weight excluding hydrogens is 215 g/mol. The van der Waals surface area contributed by atoms with Crippen molar-refractivity contribution < 1.29 is 13.2 Å². The third kappa shape index (κ3) is 1.67. The molecule has 0 radical (unpaired) electrons. The van der Waals surface area contributed by atoms with Crippen molar-refractivity contribution in [3.63, 3.8) is 0 Å². The fourth-order valence-electron chi connectivity index (χ4n) is 1.97. The molecule has 0 atom stereocenters. The highest BCUT2D eigenvalue weighted by Crippen LogP contribution is 2.43. The third-order valence-electron chi connectivity index (χ3n) is 3.19. The SMILES string of the molecule is N#CC1(c2ccc(C(F)(F)F)cc2)CCC1. The van der Waals surface area contributed by atoms with Crippen molar-refractivity contribution in [3.05, 3.63) is 35.4 Å². The van der Waals surface area contributed by atoms with E-state index in [4.69, 9.17) is 5.26 Å². The molecule has 0 bridgehead atoms. The first kappa shape index (κ1) is 11.0. The summed E-state index contributed by atoms with van der Waals surface area (Å²) in [6.07, 6.45) is -1.85. The third-order valence-corrected chi connectivity index (χ3v) is 3.19. The standard InChI is InChI=1S/C12H10F3N/c13-12(14,15)10-4-2-9(3-5-10)11(8-16)6-1-7-11/h2-5H,1,6-7H2. The predicted octanol–water partition coefficient (Wildman–Crippen LogP) is 3.65. The summed E-state index contributed by atoms with van der Waals surface area (Å²) in [4.78, 5) is 0. The van der Waals surface area contributed by atoms with Crippen molar-refractivity contribution in [2.45, 2.75) is 30.9 Å². The van der Waals surface area contributed by atoms with Crippen LogP contribution < -0.4 is 0 Å². The molecule has 16 heavy (non-hydrogen) atoms. The van der Waals surface area contributed by atoms with Crippen molar-refractivity contribution in [2.24, 2.45) is 0 Å². The second-order valence-electron chi connectivity index (χ2n) is 4.12. The van der Waals surface area contributed by atoms with E-state index in [1.807, 2.05) is 0 Å². The van der Waals surface area contributed by atoms with E-state index >= 15 is 0 Å². The summed E-state index contributed by atoms with van der Waals surface area (Å²) >= 11 is 0. The zero-order chi connectivity index (χ0) is 11.8. The Balaban J connectivity index is 2.30. The quantitative estimate of drug-likeness (QED) is 0.715. The van der Waals surface area contributed by atoms with Crippen LogP contribution in [-0.2, 0) is 11.6 Å².